The Bertz CT molecular complexity index is 283. The van der Waals surface area contributed by atoms with Crippen LogP contribution in [0.2, 0.25) is 0 Å². The van der Waals surface area contributed by atoms with Crippen LogP contribution in [-0.2, 0) is 4.79 Å². The Morgan fingerprint density at radius 3 is 2.30 bits per heavy atom. The molecular formula is C16H33N3O. The Hall–Kier alpha value is -0.610. The fourth-order valence-corrected chi connectivity index (χ4v) is 2.64. The van der Waals surface area contributed by atoms with Gasteiger partial charge >= 0.3 is 0 Å². The molecule has 1 aliphatic rings. The molecule has 0 aromatic heterocycles. The highest BCUT2D eigenvalue weighted by Crippen LogP contribution is 2.16. The summed E-state index contributed by atoms with van der Waals surface area (Å²) >= 11 is 0. The van der Waals surface area contributed by atoms with Crippen LogP contribution in [0, 0.1) is 0 Å². The zero-order valence-electron chi connectivity index (χ0n) is 13.9. The summed E-state index contributed by atoms with van der Waals surface area (Å²) in [5, 5.41) is 3.41. The second-order valence-electron chi connectivity index (χ2n) is 6.50. The zero-order chi connectivity index (χ0) is 15.0. The molecule has 1 saturated heterocycles. The summed E-state index contributed by atoms with van der Waals surface area (Å²) in [5.74, 6) is 0.307. The van der Waals surface area contributed by atoms with Gasteiger partial charge < -0.3 is 10.2 Å². The summed E-state index contributed by atoms with van der Waals surface area (Å²) in [6.07, 6.45) is 4.52. The molecular weight excluding hydrogens is 250 g/mol. The van der Waals surface area contributed by atoms with Gasteiger partial charge in [0.1, 0.15) is 0 Å². The first kappa shape index (κ1) is 17.4. The molecule has 1 amide bonds. The van der Waals surface area contributed by atoms with Gasteiger partial charge in [0.05, 0.1) is 6.54 Å². The summed E-state index contributed by atoms with van der Waals surface area (Å²) < 4.78 is 0. The van der Waals surface area contributed by atoms with E-state index in [2.05, 4.69) is 42.8 Å². The second-order valence-corrected chi connectivity index (χ2v) is 6.50. The molecule has 1 aliphatic heterocycles. The molecule has 0 aromatic rings. The topological polar surface area (TPSA) is 35.6 Å². The van der Waals surface area contributed by atoms with E-state index in [-0.39, 0.29) is 5.54 Å². The number of unbranched alkanes of at least 4 members (excludes halogenated alkanes) is 2. The van der Waals surface area contributed by atoms with E-state index in [0.29, 0.717) is 12.5 Å². The van der Waals surface area contributed by atoms with Gasteiger partial charge in [-0.15, -0.1) is 0 Å². The molecule has 0 spiro atoms. The minimum atomic E-state index is 0.0785. The Kier molecular flexibility index (Phi) is 7.52. The van der Waals surface area contributed by atoms with Gasteiger partial charge in [-0.1, -0.05) is 26.7 Å². The minimum absolute atomic E-state index is 0.0785. The van der Waals surface area contributed by atoms with Crippen LogP contribution in [0.3, 0.4) is 0 Å². The molecule has 1 heterocycles. The average molecular weight is 283 g/mol. The van der Waals surface area contributed by atoms with E-state index >= 15 is 0 Å². The standard InChI is InChI=1S/C16H33N3O/c1-5-7-10-18(11-8-6-2)15(20)13-19-12-9-17-14-16(19,3)4/h17H,5-14H2,1-4H3. The Balaban J connectivity index is 2.54. The van der Waals surface area contributed by atoms with Crippen LogP contribution < -0.4 is 5.32 Å². The Morgan fingerprint density at radius 2 is 1.80 bits per heavy atom. The number of carbonyl (C=O) groups is 1. The monoisotopic (exact) mass is 283 g/mol. The van der Waals surface area contributed by atoms with Crippen molar-refractivity contribution in [2.24, 2.45) is 0 Å². The maximum absolute atomic E-state index is 12.6. The van der Waals surface area contributed by atoms with Gasteiger partial charge in [-0.25, -0.2) is 0 Å². The van der Waals surface area contributed by atoms with Gasteiger partial charge in [-0.05, 0) is 26.7 Å². The first-order valence-electron chi connectivity index (χ1n) is 8.24. The van der Waals surface area contributed by atoms with Crippen molar-refractivity contribution in [1.82, 2.24) is 15.1 Å². The van der Waals surface area contributed by atoms with Crippen LogP contribution >= 0.6 is 0 Å². The highest BCUT2D eigenvalue weighted by molar-refractivity contribution is 5.78. The number of amides is 1. The Morgan fingerprint density at radius 1 is 1.20 bits per heavy atom. The SMILES string of the molecule is CCCCN(CCCC)C(=O)CN1CCNCC1(C)C. The van der Waals surface area contributed by atoms with Crippen molar-refractivity contribution in [2.45, 2.75) is 58.9 Å². The molecule has 1 fully saturated rings. The van der Waals surface area contributed by atoms with Crippen molar-refractivity contribution in [2.75, 3.05) is 39.3 Å². The first-order chi connectivity index (χ1) is 9.51. The molecule has 1 N–H and O–H groups in total. The number of rotatable bonds is 8. The summed E-state index contributed by atoms with van der Waals surface area (Å²) in [6, 6.07) is 0. The molecule has 20 heavy (non-hydrogen) atoms. The fourth-order valence-electron chi connectivity index (χ4n) is 2.64. The molecule has 4 heteroatoms. The highest BCUT2D eigenvalue weighted by Gasteiger charge is 2.31. The van der Waals surface area contributed by atoms with Crippen LogP contribution in [0.5, 0.6) is 0 Å². The summed E-state index contributed by atoms with van der Waals surface area (Å²) in [4.78, 5) is 17.0. The third kappa shape index (κ3) is 5.41. The zero-order valence-corrected chi connectivity index (χ0v) is 13.9. The van der Waals surface area contributed by atoms with E-state index in [1.165, 1.54) is 0 Å². The van der Waals surface area contributed by atoms with E-state index in [9.17, 15) is 4.79 Å². The molecule has 0 radical (unpaired) electrons. The van der Waals surface area contributed by atoms with Crippen LogP contribution in [0.1, 0.15) is 53.4 Å². The van der Waals surface area contributed by atoms with Crippen LogP contribution in [0.25, 0.3) is 0 Å². The maximum Gasteiger partial charge on any atom is 0.236 e. The van der Waals surface area contributed by atoms with Gasteiger partial charge in [0.25, 0.3) is 0 Å². The lowest BCUT2D eigenvalue weighted by Gasteiger charge is -2.43. The number of nitrogens with one attached hydrogen (secondary N) is 1. The number of nitrogens with zero attached hydrogens (tertiary/aromatic N) is 2. The second kappa shape index (κ2) is 8.63. The lowest BCUT2D eigenvalue weighted by molar-refractivity contribution is -0.134. The van der Waals surface area contributed by atoms with Gasteiger partial charge in [0.2, 0.25) is 5.91 Å². The van der Waals surface area contributed by atoms with Crippen LogP contribution in [0.4, 0.5) is 0 Å². The van der Waals surface area contributed by atoms with Gasteiger partial charge in [-0.3, -0.25) is 9.69 Å². The van der Waals surface area contributed by atoms with E-state index in [4.69, 9.17) is 0 Å². The number of hydrogen-bond acceptors (Lipinski definition) is 3. The lowest BCUT2D eigenvalue weighted by atomic mass is 10.0. The normalized spacial score (nSPS) is 19.0. The van der Waals surface area contributed by atoms with Gasteiger partial charge in [-0.2, -0.15) is 0 Å². The van der Waals surface area contributed by atoms with E-state index in [0.717, 1.165) is 58.4 Å². The quantitative estimate of drug-likeness (QED) is 0.741. The smallest absolute Gasteiger partial charge is 0.236 e. The summed E-state index contributed by atoms with van der Waals surface area (Å²) in [5.41, 5.74) is 0.0785. The first-order valence-corrected chi connectivity index (χ1v) is 8.24. The predicted octanol–water partition coefficient (Wildman–Crippen LogP) is 2.10. The van der Waals surface area contributed by atoms with Crippen LogP contribution in [-0.4, -0.2) is 60.5 Å². The molecule has 118 valence electrons. The molecule has 0 unspecified atom stereocenters. The van der Waals surface area contributed by atoms with Crippen molar-refractivity contribution >= 4 is 5.91 Å². The van der Waals surface area contributed by atoms with Crippen molar-refractivity contribution in [3.63, 3.8) is 0 Å². The maximum atomic E-state index is 12.6. The third-order valence-electron chi connectivity index (χ3n) is 4.21. The molecule has 0 saturated carbocycles. The largest absolute Gasteiger partial charge is 0.342 e. The number of piperazine rings is 1. The summed E-state index contributed by atoms with van der Waals surface area (Å²) in [6.45, 7) is 14.1. The van der Waals surface area contributed by atoms with Crippen molar-refractivity contribution in [1.29, 1.82) is 0 Å². The van der Waals surface area contributed by atoms with E-state index in [1.807, 2.05) is 0 Å². The third-order valence-corrected chi connectivity index (χ3v) is 4.21. The molecule has 0 aromatic carbocycles. The Labute approximate surface area is 124 Å². The summed E-state index contributed by atoms with van der Waals surface area (Å²) in [7, 11) is 0. The van der Waals surface area contributed by atoms with Crippen molar-refractivity contribution < 1.29 is 4.79 Å². The van der Waals surface area contributed by atoms with E-state index in [1.54, 1.807) is 0 Å². The van der Waals surface area contributed by atoms with E-state index < -0.39 is 0 Å². The predicted molar refractivity (Wildman–Crippen MR) is 84.9 cm³/mol. The molecule has 1 rings (SSSR count). The highest BCUT2D eigenvalue weighted by atomic mass is 16.2. The van der Waals surface area contributed by atoms with Crippen molar-refractivity contribution in [3.05, 3.63) is 0 Å². The molecule has 0 aliphatic carbocycles. The minimum Gasteiger partial charge on any atom is -0.342 e. The number of carbonyl (C=O) groups excluding carboxylic acids is 1. The fraction of sp³-hybridized carbons (Fsp3) is 0.938. The molecule has 0 bridgehead atoms. The average Bonchev–Trinajstić information content (AvgIpc) is 2.41. The molecule has 4 nitrogen and oxygen atoms in total. The van der Waals surface area contributed by atoms with Crippen molar-refractivity contribution in [3.8, 4) is 0 Å². The van der Waals surface area contributed by atoms with Gasteiger partial charge in [0, 0.05) is 38.3 Å². The lowest BCUT2D eigenvalue weighted by Crippen LogP contribution is -2.60. The van der Waals surface area contributed by atoms with Crippen LogP contribution in [0.15, 0.2) is 0 Å². The van der Waals surface area contributed by atoms with Gasteiger partial charge in [0.15, 0.2) is 0 Å². The number of hydrogen-bond donors (Lipinski definition) is 1. The molecule has 0 atom stereocenters.